The maximum Gasteiger partial charge on any atom is 0.418 e. The van der Waals surface area contributed by atoms with E-state index in [0.717, 1.165) is 44.8 Å². The van der Waals surface area contributed by atoms with Crippen molar-refractivity contribution in [3.05, 3.63) is 29.6 Å². The van der Waals surface area contributed by atoms with Gasteiger partial charge < -0.3 is 14.5 Å². The molecule has 0 unspecified atom stereocenters. The summed E-state index contributed by atoms with van der Waals surface area (Å²) in [4.78, 5) is 20.5. The van der Waals surface area contributed by atoms with Gasteiger partial charge in [-0.25, -0.2) is 0 Å². The van der Waals surface area contributed by atoms with Crippen LogP contribution in [0.1, 0.15) is 43.9 Å². The third-order valence-electron chi connectivity index (χ3n) is 6.28. The smallest absolute Gasteiger partial charge is 0.357 e. The molecule has 1 aromatic heterocycles. The molecule has 8 heteroatoms. The molecule has 0 bridgehead atoms. The van der Waals surface area contributed by atoms with Crippen LogP contribution < -0.4 is 0 Å². The number of carbonyl (C=O) groups is 1. The van der Waals surface area contributed by atoms with Gasteiger partial charge >= 0.3 is 6.18 Å². The Hall–Kier alpha value is -1.67. The maximum absolute atomic E-state index is 13.1. The highest BCUT2D eigenvalue weighted by molar-refractivity contribution is 5.89. The van der Waals surface area contributed by atoms with Gasteiger partial charge in [0, 0.05) is 45.3 Å². The Bertz CT molecular complexity index is 740. The summed E-state index contributed by atoms with van der Waals surface area (Å²) in [7, 11) is 0. The lowest BCUT2D eigenvalue weighted by Gasteiger charge is -2.50. The number of rotatable bonds is 4. The molecule has 4 rings (SSSR count). The summed E-state index contributed by atoms with van der Waals surface area (Å²) < 4.78 is 45.7. The van der Waals surface area contributed by atoms with E-state index in [-0.39, 0.29) is 23.6 Å². The highest BCUT2D eigenvalue weighted by Crippen LogP contribution is 2.49. The van der Waals surface area contributed by atoms with Gasteiger partial charge in [-0.05, 0) is 44.7 Å². The quantitative estimate of drug-likeness (QED) is 0.784. The number of ether oxygens (including phenoxy) is 1. The summed E-state index contributed by atoms with van der Waals surface area (Å²) in [6.07, 6.45) is 0.505. The first kappa shape index (κ1) is 19.6. The molecule has 1 aliphatic carbocycles. The topological polar surface area (TPSA) is 45.7 Å². The number of alkyl halides is 3. The summed E-state index contributed by atoms with van der Waals surface area (Å²) >= 11 is 0. The van der Waals surface area contributed by atoms with E-state index in [1.165, 1.54) is 12.3 Å². The fourth-order valence-corrected chi connectivity index (χ4v) is 4.49. The zero-order valence-corrected chi connectivity index (χ0v) is 16.1. The van der Waals surface area contributed by atoms with Crippen molar-refractivity contribution in [2.75, 3.05) is 32.7 Å². The zero-order valence-electron chi connectivity index (χ0n) is 16.1. The molecule has 154 valence electrons. The Morgan fingerprint density at radius 1 is 1.21 bits per heavy atom. The number of halogens is 3. The van der Waals surface area contributed by atoms with Crippen molar-refractivity contribution in [1.29, 1.82) is 0 Å². The standard InChI is InChI=1S/C20H26F3N3O2/c1-2-26-14-18(28-19(6-7-19)17(26)27)8-12-25(13-9-18)11-5-16-15(20(21,22)23)4-3-10-24-16/h3-4,10H,2,5-9,11-14H2,1H3. The molecule has 1 aromatic rings. The van der Waals surface area contributed by atoms with Crippen LogP contribution in [0.25, 0.3) is 0 Å². The van der Waals surface area contributed by atoms with Crippen LogP contribution in [0.5, 0.6) is 0 Å². The van der Waals surface area contributed by atoms with Gasteiger partial charge in [0.05, 0.1) is 16.9 Å². The van der Waals surface area contributed by atoms with Gasteiger partial charge in [-0.3, -0.25) is 9.78 Å². The molecule has 5 nitrogen and oxygen atoms in total. The van der Waals surface area contributed by atoms with Gasteiger partial charge in [-0.2, -0.15) is 13.2 Å². The lowest BCUT2D eigenvalue weighted by Crippen LogP contribution is -2.62. The minimum atomic E-state index is -4.37. The van der Waals surface area contributed by atoms with Crippen LogP contribution in [0.3, 0.4) is 0 Å². The number of aromatic nitrogens is 1. The first-order chi connectivity index (χ1) is 13.3. The van der Waals surface area contributed by atoms with E-state index in [9.17, 15) is 18.0 Å². The lowest BCUT2D eigenvalue weighted by molar-refractivity contribution is -0.200. The number of morpholine rings is 1. The molecule has 0 N–H and O–H groups in total. The van der Waals surface area contributed by atoms with Crippen LogP contribution in [0.2, 0.25) is 0 Å². The van der Waals surface area contributed by atoms with Gasteiger partial charge in [0.2, 0.25) is 0 Å². The summed E-state index contributed by atoms with van der Waals surface area (Å²) in [5, 5.41) is 0. The number of likely N-dealkylation sites (tertiary alicyclic amines) is 1. The molecule has 3 aliphatic rings. The largest absolute Gasteiger partial charge is 0.418 e. The van der Waals surface area contributed by atoms with E-state index in [4.69, 9.17) is 4.74 Å². The van der Waals surface area contributed by atoms with Gasteiger partial charge in [0.1, 0.15) is 5.60 Å². The molecule has 0 radical (unpaired) electrons. The Morgan fingerprint density at radius 2 is 1.93 bits per heavy atom. The van der Waals surface area contributed by atoms with Gasteiger partial charge in [-0.1, -0.05) is 0 Å². The van der Waals surface area contributed by atoms with Crippen molar-refractivity contribution in [3.8, 4) is 0 Å². The number of piperidine rings is 1. The molecule has 3 heterocycles. The molecular formula is C20H26F3N3O2. The molecule has 2 spiro atoms. The number of carbonyl (C=O) groups excluding carboxylic acids is 1. The van der Waals surface area contributed by atoms with Crippen molar-refractivity contribution >= 4 is 5.91 Å². The first-order valence-corrected chi connectivity index (χ1v) is 10.00. The van der Waals surface area contributed by atoms with E-state index in [0.29, 0.717) is 19.6 Å². The average Bonchev–Trinajstić information content (AvgIpc) is 3.44. The lowest BCUT2D eigenvalue weighted by atomic mass is 9.87. The van der Waals surface area contributed by atoms with Crippen LogP contribution in [-0.2, 0) is 22.1 Å². The Labute approximate surface area is 162 Å². The van der Waals surface area contributed by atoms with Crippen LogP contribution in [0.4, 0.5) is 13.2 Å². The normalized spacial score (nSPS) is 24.1. The molecule has 28 heavy (non-hydrogen) atoms. The number of nitrogens with zero attached hydrogens (tertiary/aromatic N) is 3. The molecule has 0 atom stereocenters. The number of hydrogen-bond acceptors (Lipinski definition) is 4. The molecule has 1 amide bonds. The second-order valence-corrected chi connectivity index (χ2v) is 8.19. The fraction of sp³-hybridized carbons (Fsp3) is 0.700. The molecule has 0 aromatic carbocycles. The van der Waals surface area contributed by atoms with Crippen molar-refractivity contribution in [2.24, 2.45) is 0 Å². The molecule has 2 saturated heterocycles. The number of hydrogen-bond donors (Lipinski definition) is 0. The van der Waals surface area contributed by atoms with Crippen LogP contribution in [-0.4, -0.2) is 64.6 Å². The minimum absolute atomic E-state index is 0.101. The summed E-state index contributed by atoms with van der Waals surface area (Å²) in [5.41, 5.74) is -1.44. The van der Waals surface area contributed by atoms with E-state index in [1.54, 1.807) is 0 Å². The summed E-state index contributed by atoms with van der Waals surface area (Å²) in [6.45, 7) is 5.36. The highest BCUT2D eigenvalue weighted by Gasteiger charge is 2.61. The van der Waals surface area contributed by atoms with Gasteiger partial charge in [0.15, 0.2) is 0 Å². The number of pyridine rings is 1. The minimum Gasteiger partial charge on any atom is -0.357 e. The highest BCUT2D eigenvalue weighted by atomic mass is 19.4. The maximum atomic E-state index is 13.1. The van der Waals surface area contributed by atoms with E-state index < -0.39 is 17.3 Å². The molecular weight excluding hydrogens is 371 g/mol. The molecule has 1 saturated carbocycles. The Kier molecular flexibility index (Phi) is 4.90. The second kappa shape index (κ2) is 6.99. The number of likely N-dealkylation sites (N-methyl/N-ethyl adjacent to an activating group) is 1. The Morgan fingerprint density at radius 3 is 2.54 bits per heavy atom. The zero-order chi connectivity index (χ0) is 20.0. The van der Waals surface area contributed by atoms with Crippen molar-refractivity contribution in [1.82, 2.24) is 14.8 Å². The molecule has 3 fully saturated rings. The van der Waals surface area contributed by atoms with E-state index in [2.05, 4.69) is 9.88 Å². The van der Waals surface area contributed by atoms with Crippen LogP contribution >= 0.6 is 0 Å². The Balaban J connectivity index is 1.36. The second-order valence-electron chi connectivity index (χ2n) is 8.19. The first-order valence-electron chi connectivity index (χ1n) is 10.00. The fourth-order valence-electron chi connectivity index (χ4n) is 4.49. The third kappa shape index (κ3) is 3.64. The van der Waals surface area contributed by atoms with E-state index >= 15 is 0 Å². The van der Waals surface area contributed by atoms with Crippen LogP contribution in [0.15, 0.2) is 18.3 Å². The third-order valence-corrected chi connectivity index (χ3v) is 6.28. The van der Waals surface area contributed by atoms with Gasteiger partial charge in [-0.15, -0.1) is 0 Å². The SMILES string of the molecule is CCN1CC2(CCN(CCc3ncccc3C(F)(F)F)CC2)OC2(CC2)C1=O. The summed E-state index contributed by atoms with van der Waals surface area (Å²) in [5.74, 6) is 0.123. The van der Waals surface area contributed by atoms with E-state index in [1.807, 2.05) is 11.8 Å². The van der Waals surface area contributed by atoms with Crippen LogP contribution in [0, 0.1) is 0 Å². The predicted molar refractivity (Wildman–Crippen MR) is 96.7 cm³/mol. The monoisotopic (exact) mass is 397 g/mol. The molecule has 2 aliphatic heterocycles. The van der Waals surface area contributed by atoms with Crippen molar-refractivity contribution in [2.45, 2.75) is 56.4 Å². The number of amides is 1. The van der Waals surface area contributed by atoms with Crippen molar-refractivity contribution in [3.63, 3.8) is 0 Å². The summed E-state index contributed by atoms with van der Waals surface area (Å²) in [6, 6.07) is 2.42. The average molecular weight is 397 g/mol. The predicted octanol–water partition coefficient (Wildman–Crippen LogP) is 2.89. The van der Waals surface area contributed by atoms with Crippen molar-refractivity contribution < 1.29 is 22.7 Å². The van der Waals surface area contributed by atoms with Gasteiger partial charge in [0.25, 0.3) is 5.91 Å².